The number of rotatable bonds is 47. The van der Waals surface area contributed by atoms with Gasteiger partial charge in [0, 0.05) is 151 Å². The Hall–Kier alpha value is -12.9. The van der Waals surface area contributed by atoms with Gasteiger partial charge in [-0.15, -0.1) is 0 Å². The molecule has 8 aromatic carbocycles. The van der Waals surface area contributed by atoms with Gasteiger partial charge in [-0.3, -0.25) is 43.2 Å². The molecule has 3 aliphatic carbocycles. The fourth-order valence-corrected chi connectivity index (χ4v) is 17.1. The summed E-state index contributed by atoms with van der Waals surface area (Å²) in [6.07, 6.45) is 19.7. The zero-order valence-corrected chi connectivity index (χ0v) is 81.9. The van der Waals surface area contributed by atoms with E-state index in [1.807, 2.05) is 232 Å². The van der Waals surface area contributed by atoms with Gasteiger partial charge >= 0.3 is 23.9 Å². The highest BCUT2D eigenvalue weighted by Crippen LogP contribution is 2.57. The largest absolute Gasteiger partial charge is 0.493 e. The van der Waals surface area contributed by atoms with Crippen LogP contribution in [-0.4, -0.2) is 162 Å². The Balaban J connectivity index is 0.000000190. The number of carboxylic acid groups (broad SMARTS) is 4. The number of fused-ring (bicyclic) bond motifs is 3. The van der Waals surface area contributed by atoms with E-state index in [4.69, 9.17) is 48.8 Å². The SMILES string of the molecule is CC(C)N(Cc1ccccc1OCCCCCC(=O)O)C(=O)c1ccc(-c2cccc(=O)[nH]2)cc1.CC(C)N(Cc1ccccc1OCCCCCC(=O)O)C(=O)c1ccc(C#CC2CCO2)cc1.CC(C)N(Cc1ccccc1OCCCCCC(=O)O)C(=O)c1ccc(C23CCC(C)(CC2)CC3)cc1.CC(C)N(Cc1ccccc1OCCCCCC(=O)O)C(=O)c1ccc(C2CCO2)cc1. The molecule has 1 aromatic heterocycles. The van der Waals surface area contributed by atoms with Crippen LogP contribution < -0.4 is 24.5 Å². The molecule has 4 amide bonds. The molecule has 736 valence electrons. The molecule has 2 saturated heterocycles. The number of benzene rings is 8. The van der Waals surface area contributed by atoms with Crippen LogP contribution in [0.4, 0.5) is 0 Å². The number of carboxylic acids is 4. The van der Waals surface area contributed by atoms with Crippen molar-refractivity contribution >= 4 is 47.5 Å². The number of pyridine rings is 1. The van der Waals surface area contributed by atoms with Gasteiger partial charge in [-0.2, -0.15) is 0 Å². The van der Waals surface area contributed by atoms with E-state index in [2.05, 4.69) is 49.7 Å². The van der Waals surface area contributed by atoms with Crippen LogP contribution in [0.1, 0.15) is 303 Å². The van der Waals surface area contributed by atoms with Gasteiger partial charge in [0.25, 0.3) is 23.6 Å². The molecule has 14 rings (SSSR count). The fraction of sp³-hybridized carbons (Fsp3) is 0.447. The Kier molecular flexibility index (Phi) is 42.7. The average Bonchev–Trinajstić information content (AvgIpc) is 0.749. The third kappa shape index (κ3) is 33.8. The summed E-state index contributed by atoms with van der Waals surface area (Å²) in [5.41, 5.74) is 12.0. The summed E-state index contributed by atoms with van der Waals surface area (Å²) < 4.78 is 34.8. The first-order valence-corrected chi connectivity index (χ1v) is 49.2. The molecule has 3 saturated carbocycles. The van der Waals surface area contributed by atoms with Crippen molar-refractivity contribution in [2.24, 2.45) is 5.41 Å². The van der Waals surface area contributed by atoms with Crippen LogP contribution in [0.2, 0.25) is 0 Å². The highest BCUT2D eigenvalue weighted by atomic mass is 16.5. The number of ether oxygens (including phenoxy) is 6. The molecular weight excluding hydrogens is 1740 g/mol. The van der Waals surface area contributed by atoms with Crippen LogP contribution in [0.15, 0.2) is 217 Å². The topological polar surface area (TPSA) is 319 Å². The highest BCUT2D eigenvalue weighted by Gasteiger charge is 2.47. The molecule has 24 nitrogen and oxygen atoms in total. The summed E-state index contributed by atoms with van der Waals surface area (Å²) in [4.78, 5) is 118. The van der Waals surface area contributed by atoms with Gasteiger partial charge in [0.15, 0.2) is 0 Å². The molecule has 0 spiro atoms. The number of nitrogens with one attached hydrogen (secondary N) is 1. The van der Waals surface area contributed by atoms with Crippen LogP contribution in [-0.2, 0) is 60.2 Å². The van der Waals surface area contributed by atoms with Crippen molar-refractivity contribution in [3.8, 4) is 46.1 Å². The van der Waals surface area contributed by atoms with Crippen LogP contribution in [0.3, 0.4) is 0 Å². The summed E-state index contributed by atoms with van der Waals surface area (Å²) in [6.45, 7) is 24.0. The summed E-state index contributed by atoms with van der Waals surface area (Å²) in [6, 6.07) is 66.9. The maximum absolute atomic E-state index is 13.6. The summed E-state index contributed by atoms with van der Waals surface area (Å²) in [5.74, 6) is 6.07. The number of aliphatic carboxylic acids is 4. The second kappa shape index (κ2) is 54.9. The summed E-state index contributed by atoms with van der Waals surface area (Å²) in [5, 5.41) is 35.0. The third-order valence-corrected chi connectivity index (χ3v) is 26.0. The number of aromatic nitrogens is 1. The first-order valence-electron chi connectivity index (χ1n) is 49.2. The molecule has 5 N–H and O–H groups in total. The first kappa shape index (κ1) is 107. The molecule has 0 radical (unpaired) electrons. The molecule has 2 atom stereocenters. The Bertz CT molecular complexity index is 5490. The number of unbranched alkanes of at least 4 members (excludes halogenated alkanes) is 8. The van der Waals surface area contributed by atoms with Crippen molar-refractivity contribution in [2.45, 2.75) is 284 Å². The number of carbonyl (C=O) groups excluding carboxylic acids is 4. The number of aromatic amines is 1. The zero-order valence-electron chi connectivity index (χ0n) is 81.9. The molecule has 138 heavy (non-hydrogen) atoms. The molecule has 5 fully saturated rings. The molecule has 2 bridgehead atoms. The Morgan fingerprint density at radius 1 is 0.377 bits per heavy atom. The van der Waals surface area contributed by atoms with Crippen LogP contribution in [0.25, 0.3) is 11.3 Å². The van der Waals surface area contributed by atoms with Gasteiger partial charge in [0.1, 0.15) is 29.1 Å². The molecular formula is C114H141N5O19. The van der Waals surface area contributed by atoms with Crippen molar-refractivity contribution in [3.63, 3.8) is 0 Å². The van der Waals surface area contributed by atoms with Crippen molar-refractivity contribution in [1.82, 2.24) is 24.6 Å². The Morgan fingerprint density at radius 3 is 0.986 bits per heavy atom. The lowest BCUT2D eigenvalue weighted by Crippen LogP contribution is -2.42. The van der Waals surface area contributed by atoms with Crippen LogP contribution >= 0.6 is 0 Å². The molecule has 3 heterocycles. The number of para-hydroxylation sites is 4. The van der Waals surface area contributed by atoms with Gasteiger partial charge in [-0.05, 0) is 289 Å². The number of hydrogen-bond donors (Lipinski definition) is 5. The smallest absolute Gasteiger partial charge is 0.303 e. The van der Waals surface area contributed by atoms with Crippen molar-refractivity contribution in [1.29, 1.82) is 0 Å². The predicted molar refractivity (Wildman–Crippen MR) is 536 cm³/mol. The number of nitrogens with zero attached hydrogens (tertiary/aromatic N) is 4. The van der Waals surface area contributed by atoms with E-state index in [0.29, 0.717) is 112 Å². The van der Waals surface area contributed by atoms with Gasteiger partial charge < -0.3 is 73.4 Å². The van der Waals surface area contributed by atoms with Crippen molar-refractivity contribution < 1.29 is 87.2 Å². The maximum Gasteiger partial charge on any atom is 0.303 e. The normalized spacial score (nSPS) is 16.0. The monoisotopic (exact) mass is 1880 g/mol. The quantitative estimate of drug-likeness (QED) is 0.0175. The van der Waals surface area contributed by atoms with Gasteiger partial charge in [-0.25, -0.2) is 0 Å². The lowest BCUT2D eigenvalue weighted by molar-refractivity contribution is -0.138. The van der Waals surface area contributed by atoms with Gasteiger partial charge in [-0.1, -0.05) is 134 Å². The standard InChI is InChI=1S/C32H43NO4.C28H32N2O5.C28H33NO5.C26H33NO5/c1-24(2)33(23-26-9-6-7-10-28(26)37-22-8-4-5-11-29(34)35)30(36)25-12-14-27(15-13-25)32-19-16-31(3,17-20-32)18-21-32;1-20(2)30(19-23-9-5-6-11-25(23)35-18-7-3-4-13-27(32)33)28(34)22-16-14-21(15-17-22)24-10-8-12-26(31)29-24;1-21(2)29(28(32)23-14-11-22(12-15-23)13-16-25-17-19-33-25)20-24-8-5-6-9-26(24)34-18-7-3-4-10-27(30)31;1-19(2)27(26(30)21-13-11-20(12-14-21)24-15-17-32-24)18-22-8-5-6-9-23(22)31-16-7-3-4-10-25(28)29/h6-7,9-10,12-15,24H,4-5,8,11,16-23H2,1-3H3,(H,34,35);5-6,8-12,14-17,20H,3-4,7,13,18-19H2,1-2H3,(H,29,31)(H,32,33);5-6,8-9,11-12,14-15,21,25H,3-4,7,10,17-20H2,1-2H3,(H,30,31);5-6,8-9,11-14,19,24H,3-4,7,10,15-18H2,1-2H3,(H,28,29). The van der Waals surface area contributed by atoms with E-state index in [-0.39, 0.29) is 91.2 Å². The Labute approximate surface area is 814 Å². The molecule has 9 aromatic rings. The first-order chi connectivity index (χ1) is 66.4. The van der Waals surface area contributed by atoms with Crippen LogP contribution in [0, 0.1) is 17.3 Å². The fourth-order valence-electron chi connectivity index (χ4n) is 17.1. The minimum Gasteiger partial charge on any atom is -0.493 e. The zero-order chi connectivity index (χ0) is 98.9. The second-order valence-electron chi connectivity index (χ2n) is 37.7. The van der Waals surface area contributed by atoms with E-state index in [1.165, 1.54) is 50.2 Å². The van der Waals surface area contributed by atoms with Crippen LogP contribution in [0.5, 0.6) is 23.0 Å². The maximum atomic E-state index is 13.6. The Morgan fingerprint density at radius 2 is 0.688 bits per heavy atom. The van der Waals surface area contributed by atoms with Gasteiger partial charge in [0.05, 0.1) is 45.7 Å². The number of hydrogen-bond acceptors (Lipinski definition) is 15. The van der Waals surface area contributed by atoms with Crippen molar-refractivity contribution in [2.75, 3.05) is 39.6 Å². The molecule has 2 unspecified atom stereocenters. The lowest BCUT2D eigenvalue weighted by Gasteiger charge is -2.52. The summed E-state index contributed by atoms with van der Waals surface area (Å²) >= 11 is 0. The number of carbonyl (C=O) groups is 8. The number of amides is 4. The molecule has 24 heteroatoms. The minimum absolute atomic E-state index is 0.00630. The molecule has 2 aliphatic heterocycles. The third-order valence-electron chi connectivity index (χ3n) is 26.0. The van der Waals surface area contributed by atoms with E-state index >= 15 is 0 Å². The second-order valence-corrected chi connectivity index (χ2v) is 37.7. The molecule has 5 aliphatic rings. The average molecular weight is 1890 g/mol. The predicted octanol–water partition coefficient (Wildman–Crippen LogP) is 22.6. The van der Waals surface area contributed by atoms with E-state index in [1.54, 1.807) is 23.1 Å². The van der Waals surface area contributed by atoms with E-state index in [9.17, 15) is 43.2 Å². The van der Waals surface area contributed by atoms with Gasteiger partial charge in [0.2, 0.25) is 5.56 Å². The minimum atomic E-state index is -0.778. The van der Waals surface area contributed by atoms with Crippen molar-refractivity contribution in [3.05, 3.63) is 284 Å². The van der Waals surface area contributed by atoms with E-state index < -0.39 is 23.9 Å². The number of H-pyrrole nitrogens is 1. The summed E-state index contributed by atoms with van der Waals surface area (Å²) in [7, 11) is 0. The highest BCUT2D eigenvalue weighted by molar-refractivity contribution is 5.97. The lowest BCUT2D eigenvalue weighted by atomic mass is 9.52. The van der Waals surface area contributed by atoms with E-state index in [0.717, 1.165) is 145 Å².